The van der Waals surface area contributed by atoms with Crippen molar-refractivity contribution in [3.8, 4) is 0 Å². The minimum absolute atomic E-state index is 0.0360. The van der Waals surface area contributed by atoms with E-state index in [1.807, 2.05) is 29.8 Å². The SMILES string of the molecule is CNCCCCc1nc2cc(Br)ccc2c(=O)n1CC(C)(C)C. The number of halogens is 1. The number of aromatic nitrogens is 2. The molecule has 0 amide bonds. The van der Waals surface area contributed by atoms with E-state index in [0.29, 0.717) is 11.9 Å². The highest BCUT2D eigenvalue weighted by molar-refractivity contribution is 9.10. The van der Waals surface area contributed by atoms with Crippen LogP contribution >= 0.6 is 15.9 Å². The van der Waals surface area contributed by atoms with Gasteiger partial charge in [0, 0.05) is 17.4 Å². The summed E-state index contributed by atoms with van der Waals surface area (Å²) in [5, 5.41) is 3.85. The Labute approximate surface area is 146 Å². The molecular formula is C18H26BrN3O. The molecule has 0 saturated heterocycles. The van der Waals surface area contributed by atoms with Gasteiger partial charge in [0.1, 0.15) is 5.82 Å². The van der Waals surface area contributed by atoms with Gasteiger partial charge in [0.05, 0.1) is 10.9 Å². The highest BCUT2D eigenvalue weighted by atomic mass is 79.9. The van der Waals surface area contributed by atoms with Gasteiger partial charge in [-0.05, 0) is 50.0 Å². The first-order valence-corrected chi connectivity index (χ1v) is 8.95. The zero-order valence-electron chi connectivity index (χ0n) is 14.4. The summed E-state index contributed by atoms with van der Waals surface area (Å²) < 4.78 is 2.82. The average Bonchev–Trinajstić information content (AvgIpc) is 2.46. The zero-order chi connectivity index (χ0) is 17.0. The van der Waals surface area contributed by atoms with Gasteiger partial charge in [0.15, 0.2) is 0 Å². The van der Waals surface area contributed by atoms with Gasteiger partial charge < -0.3 is 5.32 Å². The molecule has 0 aliphatic heterocycles. The fraction of sp³-hybridized carbons (Fsp3) is 0.556. The highest BCUT2D eigenvalue weighted by Crippen LogP contribution is 2.20. The molecule has 126 valence electrons. The standard InChI is InChI=1S/C18H26BrN3O/c1-18(2,3)12-22-16(7-5-6-10-20-4)21-15-11-13(19)8-9-14(15)17(22)23/h8-9,11,20H,5-7,10,12H2,1-4H3. The van der Waals surface area contributed by atoms with Crippen LogP contribution in [0, 0.1) is 5.41 Å². The van der Waals surface area contributed by atoms with Crippen molar-refractivity contribution in [3.05, 3.63) is 38.9 Å². The Morgan fingerprint density at radius 2 is 2.00 bits per heavy atom. The fourth-order valence-corrected chi connectivity index (χ4v) is 3.00. The minimum atomic E-state index is 0.0360. The van der Waals surface area contributed by atoms with Gasteiger partial charge in [-0.25, -0.2) is 4.98 Å². The third kappa shape index (κ3) is 4.88. The van der Waals surface area contributed by atoms with Crippen molar-refractivity contribution in [1.82, 2.24) is 14.9 Å². The van der Waals surface area contributed by atoms with Crippen LogP contribution in [0.2, 0.25) is 0 Å². The van der Waals surface area contributed by atoms with Crippen molar-refractivity contribution in [2.24, 2.45) is 5.41 Å². The van der Waals surface area contributed by atoms with Crippen LogP contribution in [-0.2, 0) is 13.0 Å². The summed E-state index contributed by atoms with van der Waals surface area (Å²) in [6.07, 6.45) is 2.94. The molecule has 4 nitrogen and oxygen atoms in total. The number of rotatable bonds is 6. The fourth-order valence-electron chi connectivity index (χ4n) is 2.65. The van der Waals surface area contributed by atoms with Crippen LogP contribution in [0.1, 0.15) is 39.4 Å². The molecule has 2 aromatic rings. The number of fused-ring (bicyclic) bond motifs is 1. The van der Waals surface area contributed by atoms with Gasteiger partial charge in [-0.1, -0.05) is 36.7 Å². The molecule has 5 heteroatoms. The van der Waals surface area contributed by atoms with E-state index in [-0.39, 0.29) is 11.0 Å². The first-order valence-electron chi connectivity index (χ1n) is 8.15. The number of hydrogen-bond acceptors (Lipinski definition) is 3. The molecule has 0 bridgehead atoms. The molecule has 2 rings (SSSR count). The molecule has 0 aliphatic carbocycles. The molecule has 0 fully saturated rings. The van der Waals surface area contributed by atoms with Crippen LogP contribution in [0.25, 0.3) is 10.9 Å². The number of nitrogens with zero attached hydrogens (tertiary/aromatic N) is 2. The normalized spacial score (nSPS) is 12.0. The van der Waals surface area contributed by atoms with Crippen molar-refractivity contribution in [2.75, 3.05) is 13.6 Å². The Bertz CT molecular complexity index is 731. The topological polar surface area (TPSA) is 46.9 Å². The van der Waals surface area contributed by atoms with Crippen molar-refractivity contribution < 1.29 is 0 Å². The lowest BCUT2D eigenvalue weighted by Gasteiger charge is -2.22. The molecule has 1 N–H and O–H groups in total. The molecule has 0 spiro atoms. The number of hydrogen-bond donors (Lipinski definition) is 1. The van der Waals surface area contributed by atoms with Gasteiger partial charge in [-0.15, -0.1) is 0 Å². The lowest BCUT2D eigenvalue weighted by atomic mass is 9.96. The van der Waals surface area contributed by atoms with Crippen molar-refractivity contribution in [1.29, 1.82) is 0 Å². The van der Waals surface area contributed by atoms with E-state index in [0.717, 1.165) is 41.6 Å². The van der Waals surface area contributed by atoms with Gasteiger partial charge in [-0.2, -0.15) is 0 Å². The maximum atomic E-state index is 12.9. The summed E-state index contributed by atoms with van der Waals surface area (Å²) in [6.45, 7) is 8.12. The predicted octanol–water partition coefficient (Wildman–Crippen LogP) is 3.75. The third-order valence-electron chi connectivity index (χ3n) is 3.71. The van der Waals surface area contributed by atoms with Gasteiger partial charge in [0.2, 0.25) is 0 Å². The summed E-state index contributed by atoms with van der Waals surface area (Å²) in [7, 11) is 1.96. The Morgan fingerprint density at radius 1 is 1.26 bits per heavy atom. The first kappa shape index (κ1) is 18.1. The second-order valence-corrected chi connectivity index (χ2v) is 8.12. The van der Waals surface area contributed by atoms with Gasteiger partial charge in [0.25, 0.3) is 5.56 Å². The first-order chi connectivity index (χ1) is 10.8. The van der Waals surface area contributed by atoms with Gasteiger partial charge in [-0.3, -0.25) is 9.36 Å². The van der Waals surface area contributed by atoms with E-state index in [1.54, 1.807) is 0 Å². The minimum Gasteiger partial charge on any atom is -0.320 e. The van der Waals surface area contributed by atoms with Crippen molar-refractivity contribution in [3.63, 3.8) is 0 Å². The Kier molecular flexibility index (Phi) is 5.98. The monoisotopic (exact) mass is 379 g/mol. The van der Waals surface area contributed by atoms with Crippen molar-refractivity contribution >= 4 is 26.8 Å². The molecule has 0 atom stereocenters. The smallest absolute Gasteiger partial charge is 0.261 e. The lowest BCUT2D eigenvalue weighted by molar-refractivity contribution is 0.330. The van der Waals surface area contributed by atoms with E-state index in [9.17, 15) is 4.79 Å². The van der Waals surface area contributed by atoms with E-state index < -0.39 is 0 Å². The Balaban J connectivity index is 2.47. The predicted molar refractivity (Wildman–Crippen MR) is 100 cm³/mol. The highest BCUT2D eigenvalue weighted by Gasteiger charge is 2.17. The largest absolute Gasteiger partial charge is 0.320 e. The zero-order valence-corrected chi connectivity index (χ0v) is 16.0. The molecule has 23 heavy (non-hydrogen) atoms. The van der Waals surface area contributed by atoms with Crippen molar-refractivity contribution in [2.45, 2.75) is 46.6 Å². The second-order valence-electron chi connectivity index (χ2n) is 7.20. The van der Waals surface area contributed by atoms with E-state index in [4.69, 9.17) is 4.98 Å². The number of aryl methyl sites for hydroxylation is 1. The summed E-state index contributed by atoms with van der Waals surface area (Å²) in [5.41, 5.74) is 0.882. The molecule has 0 radical (unpaired) electrons. The summed E-state index contributed by atoms with van der Waals surface area (Å²) in [4.78, 5) is 17.7. The molecule has 0 saturated carbocycles. The summed E-state index contributed by atoms with van der Waals surface area (Å²) in [5.74, 6) is 0.895. The van der Waals surface area contributed by atoms with Crippen LogP contribution in [0.15, 0.2) is 27.5 Å². The van der Waals surface area contributed by atoms with E-state index >= 15 is 0 Å². The summed E-state index contributed by atoms with van der Waals surface area (Å²) >= 11 is 3.46. The van der Waals surface area contributed by atoms with Crippen LogP contribution in [-0.4, -0.2) is 23.1 Å². The molecule has 1 aromatic heterocycles. The van der Waals surface area contributed by atoms with Crippen LogP contribution in [0.4, 0.5) is 0 Å². The molecular weight excluding hydrogens is 354 g/mol. The Hall–Kier alpha value is -1.20. The third-order valence-corrected chi connectivity index (χ3v) is 4.20. The molecule has 0 unspecified atom stereocenters. The number of benzene rings is 1. The molecule has 1 heterocycles. The maximum Gasteiger partial charge on any atom is 0.261 e. The van der Waals surface area contributed by atoms with Crippen LogP contribution < -0.4 is 10.9 Å². The lowest BCUT2D eigenvalue weighted by Crippen LogP contribution is -2.30. The summed E-state index contributed by atoms with van der Waals surface area (Å²) in [6, 6.07) is 5.69. The van der Waals surface area contributed by atoms with Gasteiger partial charge >= 0.3 is 0 Å². The van der Waals surface area contributed by atoms with Crippen LogP contribution in [0.3, 0.4) is 0 Å². The van der Waals surface area contributed by atoms with Crippen LogP contribution in [0.5, 0.6) is 0 Å². The van der Waals surface area contributed by atoms with E-state index in [1.165, 1.54) is 0 Å². The average molecular weight is 380 g/mol. The number of unbranched alkanes of at least 4 members (excludes halogenated alkanes) is 1. The maximum absolute atomic E-state index is 12.9. The quantitative estimate of drug-likeness (QED) is 0.777. The second kappa shape index (κ2) is 7.58. The molecule has 0 aliphatic rings. The van der Waals surface area contributed by atoms with E-state index in [2.05, 4.69) is 42.0 Å². The number of nitrogens with one attached hydrogen (secondary N) is 1. The Morgan fingerprint density at radius 3 is 2.65 bits per heavy atom. The molecule has 1 aromatic carbocycles.